The number of hydrogen-bond acceptors (Lipinski definition) is 2. The van der Waals surface area contributed by atoms with Crippen molar-refractivity contribution in [2.75, 3.05) is 6.61 Å². The third-order valence-electron chi connectivity index (χ3n) is 3.81. The van der Waals surface area contributed by atoms with Gasteiger partial charge in [0.05, 0.1) is 0 Å². The molecule has 23 heavy (non-hydrogen) atoms. The van der Waals surface area contributed by atoms with Gasteiger partial charge in [0.25, 0.3) is 5.91 Å². The maximum atomic E-state index is 12.0. The largest absolute Gasteiger partial charge is 0.484 e. The van der Waals surface area contributed by atoms with E-state index < -0.39 is 0 Å². The van der Waals surface area contributed by atoms with Gasteiger partial charge >= 0.3 is 0 Å². The molecular formula is C19H20N2O2. The second-order valence-corrected chi connectivity index (χ2v) is 5.66. The molecule has 0 fully saturated rings. The van der Waals surface area contributed by atoms with Gasteiger partial charge in [-0.3, -0.25) is 4.79 Å². The molecule has 0 bridgehead atoms. The zero-order chi connectivity index (χ0) is 16.2. The van der Waals surface area contributed by atoms with Crippen molar-refractivity contribution in [1.82, 2.24) is 9.88 Å². The van der Waals surface area contributed by atoms with Gasteiger partial charge in [0, 0.05) is 30.7 Å². The number of aryl methyl sites for hydroxylation is 2. The summed E-state index contributed by atoms with van der Waals surface area (Å²) in [5, 5.41) is 4.07. The van der Waals surface area contributed by atoms with Gasteiger partial charge in [0.2, 0.25) is 0 Å². The number of carbonyl (C=O) groups excluding carboxylic acids is 1. The molecule has 0 radical (unpaired) electrons. The van der Waals surface area contributed by atoms with E-state index in [0.29, 0.717) is 12.3 Å². The third kappa shape index (κ3) is 3.54. The molecule has 0 atom stereocenters. The Morgan fingerprint density at radius 3 is 2.83 bits per heavy atom. The predicted octanol–water partition coefficient (Wildman–Crippen LogP) is 3.18. The number of para-hydroxylation sites is 1. The topological polar surface area (TPSA) is 43.3 Å². The van der Waals surface area contributed by atoms with Crippen LogP contribution in [0.15, 0.2) is 54.7 Å². The minimum absolute atomic E-state index is 0.0220. The van der Waals surface area contributed by atoms with E-state index in [-0.39, 0.29) is 12.5 Å². The van der Waals surface area contributed by atoms with Crippen molar-refractivity contribution in [1.29, 1.82) is 0 Å². The molecule has 0 unspecified atom stereocenters. The van der Waals surface area contributed by atoms with Crippen molar-refractivity contribution in [2.45, 2.75) is 13.5 Å². The minimum Gasteiger partial charge on any atom is -0.484 e. The lowest BCUT2D eigenvalue weighted by molar-refractivity contribution is -0.123. The van der Waals surface area contributed by atoms with Crippen LogP contribution in [0.1, 0.15) is 11.1 Å². The highest BCUT2D eigenvalue weighted by atomic mass is 16.5. The molecule has 0 spiro atoms. The average Bonchev–Trinajstić information content (AvgIpc) is 2.88. The Balaban J connectivity index is 1.58. The minimum atomic E-state index is -0.126. The fourth-order valence-electron chi connectivity index (χ4n) is 2.67. The van der Waals surface area contributed by atoms with Crippen LogP contribution >= 0.6 is 0 Å². The Hall–Kier alpha value is -2.75. The fraction of sp³-hybridized carbons (Fsp3) is 0.211. The monoisotopic (exact) mass is 308 g/mol. The molecule has 0 saturated carbocycles. The van der Waals surface area contributed by atoms with Crippen LogP contribution in [0.2, 0.25) is 0 Å². The fourth-order valence-corrected chi connectivity index (χ4v) is 2.67. The molecule has 0 aliphatic rings. The number of carbonyl (C=O) groups is 1. The molecular weight excluding hydrogens is 288 g/mol. The maximum Gasteiger partial charge on any atom is 0.258 e. The highest BCUT2D eigenvalue weighted by Gasteiger charge is 2.08. The standard InChI is InChI=1S/C19H20N2O2/c1-14-6-5-7-16(10-14)23-13-19(22)20-11-15-12-21(2)18-9-4-3-8-17(15)18/h3-10,12H,11,13H2,1-2H3,(H,20,22). The molecule has 118 valence electrons. The second kappa shape index (κ2) is 6.57. The van der Waals surface area contributed by atoms with Crippen molar-refractivity contribution < 1.29 is 9.53 Å². The normalized spacial score (nSPS) is 10.7. The Kier molecular flexibility index (Phi) is 4.33. The summed E-state index contributed by atoms with van der Waals surface area (Å²) in [6.45, 7) is 2.51. The smallest absolute Gasteiger partial charge is 0.258 e. The molecule has 2 aromatic carbocycles. The Morgan fingerprint density at radius 2 is 2.00 bits per heavy atom. The third-order valence-corrected chi connectivity index (χ3v) is 3.81. The number of rotatable bonds is 5. The molecule has 1 N–H and O–H groups in total. The number of aromatic nitrogens is 1. The molecule has 4 heteroatoms. The Morgan fingerprint density at radius 1 is 1.17 bits per heavy atom. The molecule has 1 amide bonds. The van der Waals surface area contributed by atoms with Gasteiger partial charge in [-0.1, -0.05) is 30.3 Å². The Bertz CT molecular complexity index is 836. The molecule has 0 aliphatic heterocycles. The van der Waals surface area contributed by atoms with Crippen molar-refractivity contribution in [3.63, 3.8) is 0 Å². The van der Waals surface area contributed by atoms with Gasteiger partial charge in [-0.25, -0.2) is 0 Å². The number of amides is 1. The number of hydrogen-bond donors (Lipinski definition) is 1. The van der Waals surface area contributed by atoms with Crippen LogP contribution in [0, 0.1) is 6.92 Å². The van der Waals surface area contributed by atoms with Gasteiger partial charge in [-0.2, -0.15) is 0 Å². The van der Waals surface area contributed by atoms with Gasteiger partial charge in [-0.15, -0.1) is 0 Å². The van der Waals surface area contributed by atoms with E-state index in [0.717, 1.165) is 22.0 Å². The first-order chi connectivity index (χ1) is 11.1. The van der Waals surface area contributed by atoms with Crippen molar-refractivity contribution in [3.05, 3.63) is 65.9 Å². The van der Waals surface area contributed by atoms with Crippen LogP contribution in [0.4, 0.5) is 0 Å². The second-order valence-electron chi connectivity index (χ2n) is 5.66. The first-order valence-corrected chi connectivity index (χ1v) is 7.62. The van der Waals surface area contributed by atoms with Gasteiger partial charge in [0.15, 0.2) is 6.61 Å². The summed E-state index contributed by atoms with van der Waals surface area (Å²) in [5.41, 5.74) is 3.37. The summed E-state index contributed by atoms with van der Waals surface area (Å²) in [4.78, 5) is 12.0. The highest BCUT2D eigenvalue weighted by molar-refractivity contribution is 5.84. The number of benzene rings is 2. The average molecular weight is 308 g/mol. The van der Waals surface area contributed by atoms with E-state index in [4.69, 9.17) is 4.74 Å². The molecule has 3 aromatic rings. The first kappa shape index (κ1) is 15.2. The number of ether oxygens (including phenoxy) is 1. The van der Waals surface area contributed by atoms with Crippen LogP contribution in [-0.2, 0) is 18.4 Å². The highest BCUT2D eigenvalue weighted by Crippen LogP contribution is 2.20. The summed E-state index contributed by atoms with van der Waals surface area (Å²) >= 11 is 0. The SMILES string of the molecule is Cc1cccc(OCC(=O)NCc2cn(C)c3ccccc23)c1. The van der Waals surface area contributed by atoms with E-state index in [9.17, 15) is 4.79 Å². The van der Waals surface area contributed by atoms with Crippen LogP contribution in [0.25, 0.3) is 10.9 Å². The summed E-state index contributed by atoms with van der Waals surface area (Å²) < 4.78 is 7.58. The summed E-state index contributed by atoms with van der Waals surface area (Å²) in [7, 11) is 2.01. The van der Waals surface area contributed by atoms with E-state index in [1.165, 1.54) is 0 Å². The number of nitrogens with zero attached hydrogens (tertiary/aromatic N) is 1. The summed E-state index contributed by atoms with van der Waals surface area (Å²) in [6.07, 6.45) is 2.05. The van der Waals surface area contributed by atoms with E-state index in [1.54, 1.807) is 0 Å². The number of fused-ring (bicyclic) bond motifs is 1. The van der Waals surface area contributed by atoms with E-state index in [1.807, 2.05) is 56.6 Å². The lowest BCUT2D eigenvalue weighted by atomic mass is 10.2. The first-order valence-electron chi connectivity index (χ1n) is 7.62. The van der Waals surface area contributed by atoms with Crippen molar-refractivity contribution in [3.8, 4) is 5.75 Å². The van der Waals surface area contributed by atoms with Crippen LogP contribution < -0.4 is 10.1 Å². The number of nitrogens with one attached hydrogen (secondary N) is 1. The zero-order valence-electron chi connectivity index (χ0n) is 13.4. The maximum absolute atomic E-state index is 12.0. The van der Waals surface area contributed by atoms with E-state index >= 15 is 0 Å². The quantitative estimate of drug-likeness (QED) is 0.786. The summed E-state index contributed by atoms with van der Waals surface area (Å²) in [6, 6.07) is 15.8. The molecule has 3 rings (SSSR count). The predicted molar refractivity (Wildman–Crippen MR) is 91.4 cm³/mol. The van der Waals surface area contributed by atoms with Crippen LogP contribution in [0.5, 0.6) is 5.75 Å². The van der Waals surface area contributed by atoms with Gasteiger partial charge in [-0.05, 0) is 36.2 Å². The van der Waals surface area contributed by atoms with E-state index in [2.05, 4.69) is 22.0 Å². The van der Waals surface area contributed by atoms with Gasteiger partial charge in [0.1, 0.15) is 5.75 Å². The summed E-state index contributed by atoms with van der Waals surface area (Å²) in [5.74, 6) is 0.588. The Labute approximate surface area is 135 Å². The molecule has 4 nitrogen and oxygen atoms in total. The molecule has 1 heterocycles. The molecule has 0 aliphatic carbocycles. The molecule has 0 saturated heterocycles. The lowest BCUT2D eigenvalue weighted by Crippen LogP contribution is -2.28. The van der Waals surface area contributed by atoms with Crippen molar-refractivity contribution in [2.24, 2.45) is 7.05 Å². The molecule has 1 aromatic heterocycles. The zero-order valence-corrected chi connectivity index (χ0v) is 13.4. The van der Waals surface area contributed by atoms with Crippen LogP contribution in [-0.4, -0.2) is 17.1 Å². The lowest BCUT2D eigenvalue weighted by Gasteiger charge is -2.07. The van der Waals surface area contributed by atoms with Crippen molar-refractivity contribution >= 4 is 16.8 Å². The van der Waals surface area contributed by atoms with Crippen LogP contribution in [0.3, 0.4) is 0 Å². The van der Waals surface area contributed by atoms with Gasteiger partial charge < -0.3 is 14.6 Å².